The smallest absolute Gasteiger partial charge is 0.229 e. The first-order valence-electron chi connectivity index (χ1n) is 11.3. The van der Waals surface area contributed by atoms with Gasteiger partial charge in [0.15, 0.2) is 0 Å². The number of likely N-dealkylation sites (tertiary alicyclic amines) is 1. The number of hydrogen-bond donors (Lipinski definition) is 1. The van der Waals surface area contributed by atoms with E-state index in [0.717, 1.165) is 54.4 Å². The number of fused-ring (bicyclic) bond motifs is 1. The van der Waals surface area contributed by atoms with E-state index in [1.165, 1.54) is 0 Å². The number of ether oxygens (including phenoxy) is 2. The van der Waals surface area contributed by atoms with Gasteiger partial charge in [-0.25, -0.2) is 9.97 Å². The summed E-state index contributed by atoms with van der Waals surface area (Å²) in [6.07, 6.45) is 7.71. The second kappa shape index (κ2) is 9.44. The molecule has 0 radical (unpaired) electrons. The predicted octanol–water partition coefficient (Wildman–Crippen LogP) is 3.58. The van der Waals surface area contributed by atoms with Crippen LogP contribution >= 0.6 is 0 Å². The van der Waals surface area contributed by atoms with E-state index in [1.807, 2.05) is 41.4 Å². The quantitative estimate of drug-likeness (QED) is 0.642. The van der Waals surface area contributed by atoms with E-state index in [4.69, 9.17) is 9.47 Å². The summed E-state index contributed by atoms with van der Waals surface area (Å²) in [6, 6.07) is 11.6. The van der Waals surface area contributed by atoms with Crippen molar-refractivity contribution in [3.8, 4) is 11.5 Å². The van der Waals surface area contributed by atoms with Crippen molar-refractivity contribution in [1.29, 1.82) is 0 Å². The van der Waals surface area contributed by atoms with Gasteiger partial charge in [0.25, 0.3) is 0 Å². The van der Waals surface area contributed by atoms with Crippen LogP contribution in [0.1, 0.15) is 30.0 Å². The molecule has 2 aliphatic rings. The molecule has 1 saturated heterocycles. The number of nitrogens with one attached hydrogen (secondary N) is 1. The van der Waals surface area contributed by atoms with Crippen molar-refractivity contribution < 1.29 is 14.3 Å². The maximum Gasteiger partial charge on any atom is 0.229 e. The van der Waals surface area contributed by atoms with Crippen LogP contribution in [0.25, 0.3) is 0 Å². The number of methoxy groups -OCH3 is 1. The number of nitrogens with zero attached hydrogens (tertiary/aromatic N) is 4. The molecule has 0 spiro atoms. The number of pyridine rings is 1. The third-order valence-corrected chi connectivity index (χ3v) is 6.36. The molecule has 2 aromatic heterocycles. The first-order chi connectivity index (χ1) is 16.2. The molecule has 8 nitrogen and oxygen atoms in total. The van der Waals surface area contributed by atoms with Gasteiger partial charge in [0.2, 0.25) is 11.9 Å². The third kappa shape index (κ3) is 4.74. The Morgan fingerprint density at radius 3 is 2.67 bits per heavy atom. The molecule has 0 unspecified atom stereocenters. The van der Waals surface area contributed by atoms with E-state index in [1.54, 1.807) is 25.6 Å². The van der Waals surface area contributed by atoms with Crippen molar-refractivity contribution in [3.05, 3.63) is 66.2 Å². The third-order valence-electron chi connectivity index (χ3n) is 6.36. The number of anilines is 2. The number of carbonyl (C=O) groups excluding carboxylic acids is 1. The maximum atomic E-state index is 13.2. The summed E-state index contributed by atoms with van der Waals surface area (Å²) in [5.74, 6) is 2.56. The van der Waals surface area contributed by atoms with Crippen LogP contribution in [0.4, 0.5) is 11.6 Å². The number of amides is 1. The van der Waals surface area contributed by atoms with Gasteiger partial charge in [0, 0.05) is 37.1 Å². The van der Waals surface area contributed by atoms with Gasteiger partial charge in [-0.05, 0) is 61.2 Å². The van der Waals surface area contributed by atoms with E-state index in [2.05, 4.69) is 20.3 Å². The van der Waals surface area contributed by atoms with Crippen molar-refractivity contribution in [3.63, 3.8) is 0 Å². The fraction of sp³-hybridized carbons (Fsp3) is 0.360. The Kier molecular flexibility index (Phi) is 6.06. The summed E-state index contributed by atoms with van der Waals surface area (Å²) in [7, 11) is 1.65. The van der Waals surface area contributed by atoms with Crippen LogP contribution in [0.3, 0.4) is 0 Å². The molecule has 2 aliphatic heterocycles. The Balaban J connectivity index is 1.16. The molecule has 1 fully saturated rings. The SMILES string of the molecule is COc1ccc2c(c1)C[C@H](C(=O)N1CCC(c3ccc(Nc4ncccn4)cn3)CC1)CO2. The van der Waals surface area contributed by atoms with Gasteiger partial charge in [0.05, 0.1) is 24.9 Å². The minimum atomic E-state index is -0.148. The molecule has 170 valence electrons. The van der Waals surface area contributed by atoms with E-state index in [-0.39, 0.29) is 11.8 Å². The van der Waals surface area contributed by atoms with Crippen LogP contribution in [0.2, 0.25) is 0 Å². The van der Waals surface area contributed by atoms with Crippen molar-refractivity contribution >= 4 is 17.5 Å². The number of aromatic nitrogens is 3. The maximum absolute atomic E-state index is 13.2. The van der Waals surface area contributed by atoms with Crippen LogP contribution in [0, 0.1) is 5.92 Å². The molecule has 3 aromatic rings. The topological polar surface area (TPSA) is 89.5 Å². The monoisotopic (exact) mass is 445 g/mol. The highest BCUT2D eigenvalue weighted by Gasteiger charge is 2.32. The lowest BCUT2D eigenvalue weighted by Gasteiger charge is -2.35. The molecule has 0 bridgehead atoms. The second-order valence-electron chi connectivity index (χ2n) is 8.45. The first kappa shape index (κ1) is 21.2. The molecular weight excluding hydrogens is 418 g/mol. The zero-order valence-electron chi connectivity index (χ0n) is 18.6. The van der Waals surface area contributed by atoms with Gasteiger partial charge in [-0.1, -0.05) is 0 Å². The molecule has 1 amide bonds. The molecule has 4 heterocycles. The van der Waals surface area contributed by atoms with Gasteiger partial charge in [-0.3, -0.25) is 9.78 Å². The van der Waals surface area contributed by atoms with Crippen LogP contribution in [-0.4, -0.2) is 52.6 Å². The number of rotatable bonds is 5. The second-order valence-corrected chi connectivity index (χ2v) is 8.45. The molecule has 1 aromatic carbocycles. The minimum Gasteiger partial charge on any atom is -0.497 e. The molecule has 8 heteroatoms. The number of carbonyl (C=O) groups is 1. The van der Waals surface area contributed by atoms with Crippen LogP contribution in [0.5, 0.6) is 11.5 Å². The van der Waals surface area contributed by atoms with E-state index in [0.29, 0.717) is 24.9 Å². The molecule has 0 aliphatic carbocycles. The zero-order valence-corrected chi connectivity index (χ0v) is 18.6. The summed E-state index contributed by atoms with van der Waals surface area (Å²) in [4.78, 5) is 28.1. The van der Waals surface area contributed by atoms with E-state index >= 15 is 0 Å². The summed E-state index contributed by atoms with van der Waals surface area (Å²) in [5, 5.41) is 3.15. The molecule has 33 heavy (non-hydrogen) atoms. The van der Waals surface area contributed by atoms with Crippen molar-refractivity contribution in [1.82, 2.24) is 19.9 Å². The van der Waals surface area contributed by atoms with Crippen molar-refractivity contribution in [2.24, 2.45) is 5.92 Å². The zero-order chi connectivity index (χ0) is 22.6. The van der Waals surface area contributed by atoms with Gasteiger partial charge in [-0.15, -0.1) is 0 Å². The van der Waals surface area contributed by atoms with Crippen LogP contribution in [-0.2, 0) is 11.2 Å². The highest BCUT2D eigenvalue weighted by Crippen LogP contribution is 2.33. The van der Waals surface area contributed by atoms with Gasteiger partial charge < -0.3 is 19.7 Å². The number of hydrogen-bond acceptors (Lipinski definition) is 7. The van der Waals surface area contributed by atoms with Crippen LogP contribution in [0.15, 0.2) is 55.0 Å². The Labute approximate surface area is 193 Å². The summed E-state index contributed by atoms with van der Waals surface area (Å²) >= 11 is 0. The van der Waals surface area contributed by atoms with Crippen LogP contribution < -0.4 is 14.8 Å². The Morgan fingerprint density at radius 1 is 1.12 bits per heavy atom. The fourth-order valence-electron chi connectivity index (χ4n) is 4.52. The van der Waals surface area contributed by atoms with Crippen molar-refractivity contribution in [2.75, 3.05) is 32.1 Å². The van der Waals surface area contributed by atoms with Gasteiger partial charge in [-0.2, -0.15) is 0 Å². The average Bonchev–Trinajstić information content (AvgIpc) is 2.89. The van der Waals surface area contributed by atoms with E-state index < -0.39 is 0 Å². The lowest BCUT2D eigenvalue weighted by Crippen LogP contribution is -2.44. The summed E-state index contributed by atoms with van der Waals surface area (Å²) in [6.45, 7) is 1.91. The summed E-state index contributed by atoms with van der Waals surface area (Å²) in [5.41, 5.74) is 2.95. The van der Waals surface area contributed by atoms with Gasteiger partial charge in [0.1, 0.15) is 18.1 Å². The molecule has 5 rings (SSSR count). The normalized spacial score (nSPS) is 18.2. The lowest BCUT2D eigenvalue weighted by molar-refractivity contribution is -0.138. The van der Waals surface area contributed by atoms with Crippen molar-refractivity contribution in [2.45, 2.75) is 25.2 Å². The largest absolute Gasteiger partial charge is 0.497 e. The molecule has 1 atom stereocenters. The summed E-state index contributed by atoms with van der Waals surface area (Å²) < 4.78 is 11.2. The first-order valence-corrected chi connectivity index (χ1v) is 11.3. The average molecular weight is 446 g/mol. The Bertz CT molecular complexity index is 1100. The highest BCUT2D eigenvalue weighted by atomic mass is 16.5. The Morgan fingerprint density at radius 2 is 1.94 bits per heavy atom. The number of benzene rings is 1. The minimum absolute atomic E-state index is 0.148. The fourth-order valence-corrected chi connectivity index (χ4v) is 4.52. The van der Waals surface area contributed by atoms with Gasteiger partial charge >= 0.3 is 0 Å². The Hall–Kier alpha value is -3.68. The van der Waals surface area contributed by atoms with E-state index in [9.17, 15) is 4.79 Å². The predicted molar refractivity (Wildman–Crippen MR) is 124 cm³/mol. The lowest BCUT2D eigenvalue weighted by atomic mass is 9.90. The highest BCUT2D eigenvalue weighted by molar-refractivity contribution is 5.80. The number of piperidine rings is 1. The molecular formula is C25H27N5O3. The molecule has 1 N–H and O–H groups in total. The molecule has 0 saturated carbocycles. The standard InChI is InChI=1S/C25H27N5O3/c1-32-21-4-6-23-18(14-21)13-19(16-33-23)24(31)30-11-7-17(8-12-30)22-5-3-20(15-28-22)29-25-26-9-2-10-27-25/h2-6,9-10,14-15,17,19H,7-8,11-13,16H2,1H3,(H,26,27,29)/t19-/m0/s1.